The van der Waals surface area contributed by atoms with Gasteiger partial charge in [0.1, 0.15) is 0 Å². The van der Waals surface area contributed by atoms with Gasteiger partial charge in [-0.05, 0) is 19.3 Å². The summed E-state index contributed by atoms with van der Waals surface area (Å²) in [7, 11) is -3.52. The maximum absolute atomic E-state index is 11.9. The molecule has 1 aliphatic rings. The molecule has 0 aromatic carbocycles. The van der Waals surface area contributed by atoms with Crippen LogP contribution in [0.1, 0.15) is 25.7 Å². The van der Waals surface area contributed by atoms with Gasteiger partial charge in [0, 0.05) is 24.3 Å². The smallest absolute Gasteiger partial charge is 0.212 e. The summed E-state index contributed by atoms with van der Waals surface area (Å²) in [6.45, 7) is 0.786. The van der Waals surface area contributed by atoms with Gasteiger partial charge in [-0.2, -0.15) is 13.2 Å². The maximum Gasteiger partial charge on any atom is 0.389 e. The summed E-state index contributed by atoms with van der Waals surface area (Å²) >= 11 is 3.39. The van der Waals surface area contributed by atoms with Gasteiger partial charge in [-0.25, -0.2) is 12.7 Å². The summed E-state index contributed by atoms with van der Waals surface area (Å²) in [4.78, 5) is 0.309. The third-order valence-corrected chi connectivity index (χ3v) is 5.51. The standard InChI is InChI=1S/C9H15BrF3NO2S/c10-8-2-5-14(6-3-8)17(15,16)7-1-4-9(11,12)13/h8H,1-7H2. The van der Waals surface area contributed by atoms with Gasteiger partial charge in [0.15, 0.2) is 0 Å². The number of sulfonamides is 1. The number of hydrogen-bond donors (Lipinski definition) is 0. The predicted molar refractivity (Wildman–Crippen MR) is 62.6 cm³/mol. The molecule has 0 spiro atoms. The molecule has 0 amide bonds. The molecule has 1 fully saturated rings. The highest BCUT2D eigenvalue weighted by molar-refractivity contribution is 9.09. The Bertz CT molecular complexity index is 337. The van der Waals surface area contributed by atoms with Crippen LogP contribution in [0.2, 0.25) is 0 Å². The van der Waals surface area contributed by atoms with Crippen LogP contribution in [0.5, 0.6) is 0 Å². The van der Waals surface area contributed by atoms with Crippen molar-refractivity contribution in [2.45, 2.75) is 36.7 Å². The van der Waals surface area contributed by atoms with Crippen LogP contribution >= 0.6 is 15.9 Å². The van der Waals surface area contributed by atoms with Crippen molar-refractivity contribution >= 4 is 26.0 Å². The average Bonchev–Trinajstić information content (AvgIpc) is 2.15. The molecule has 1 rings (SSSR count). The highest BCUT2D eigenvalue weighted by Gasteiger charge is 2.30. The Morgan fingerprint density at radius 3 is 2.24 bits per heavy atom. The van der Waals surface area contributed by atoms with E-state index in [9.17, 15) is 21.6 Å². The summed E-state index contributed by atoms with van der Waals surface area (Å²) in [5.41, 5.74) is 0. The quantitative estimate of drug-likeness (QED) is 0.739. The Labute approximate surface area is 108 Å². The van der Waals surface area contributed by atoms with Crippen LogP contribution in [0, 0.1) is 0 Å². The Morgan fingerprint density at radius 1 is 1.24 bits per heavy atom. The first kappa shape index (κ1) is 15.2. The number of nitrogens with zero attached hydrogens (tertiary/aromatic N) is 1. The molecule has 3 nitrogen and oxygen atoms in total. The minimum Gasteiger partial charge on any atom is -0.212 e. The molecule has 0 aliphatic carbocycles. The van der Waals surface area contributed by atoms with E-state index in [1.807, 2.05) is 0 Å². The van der Waals surface area contributed by atoms with Crippen LogP contribution in [-0.4, -0.2) is 42.6 Å². The lowest BCUT2D eigenvalue weighted by Crippen LogP contribution is -2.40. The zero-order valence-corrected chi connectivity index (χ0v) is 11.6. The number of piperidine rings is 1. The summed E-state index contributed by atoms with van der Waals surface area (Å²) in [6, 6.07) is 0. The second-order valence-electron chi connectivity index (χ2n) is 4.11. The first-order valence-corrected chi connectivity index (χ1v) is 7.92. The van der Waals surface area contributed by atoms with E-state index in [0.717, 1.165) is 0 Å². The van der Waals surface area contributed by atoms with Gasteiger partial charge in [-0.15, -0.1) is 0 Å². The molecule has 0 bridgehead atoms. The topological polar surface area (TPSA) is 37.4 Å². The number of alkyl halides is 4. The van der Waals surface area contributed by atoms with Crippen molar-refractivity contribution in [3.8, 4) is 0 Å². The number of halogens is 4. The third kappa shape index (κ3) is 5.56. The molecule has 0 saturated carbocycles. The Morgan fingerprint density at radius 2 is 1.76 bits per heavy atom. The van der Waals surface area contributed by atoms with Crippen LogP contribution in [0.4, 0.5) is 13.2 Å². The van der Waals surface area contributed by atoms with Crippen molar-refractivity contribution < 1.29 is 21.6 Å². The molecular weight excluding hydrogens is 323 g/mol. The van der Waals surface area contributed by atoms with E-state index in [-0.39, 0.29) is 6.42 Å². The van der Waals surface area contributed by atoms with Crippen LogP contribution < -0.4 is 0 Å². The largest absolute Gasteiger partial charge is 0.389 e. The molecule has 0 aromatic rings. The molecule has 0 unspecified atom stereocenters. The average molecular weight is 338 g/mol. The molecule has 8 heteroatoms. The molecule has 0 N–H and O–H groups in total. The molecule has 102 valence electrons. The van der Waals surface area contributed by atoms with Gasteiger partial charge in [0.2, 0.25) is 10.0 Å². The van der Waals surface area contributed by atoms with Crippen LogP contribution in [0.15, 0.2) is 0 Å². The fourth-order valence-electron chi connectivity index (χ4n) is 1.69. The van der Waals surface area contributed by atoms with Crippen LogP contribution in [0.3, 0.4) is 0 Å². The van der Waals surface area contributed by atoms with Gasteiger partial charge < -0.3 is 0 Å². The second kappa shape index (κ2) is 5.88. The first-order chi connectivity index (χ1) is 7.71. The minimum absolute atomic E-state index is 0.309. The van der Waals surface area contributed by atoms with Crippen molar-refractivity contribution in [1.29, 1.82) is 0 Å². The fraction of sp³-hybridized carbons (Fsp3) is 1.00. The van der Waals surface area contributed by atoms with Crippen LogP contribution in [-0.2, 0) is 10.0 Å². The van der Waals surface area contributed by atoms with E-state index in [1.165, 1.54) is 4.31 Å². The Balaban J connectivity index is 2.41. The third-order valence-electron chi connectivity index (χ3n) is 2.64. The van der Waals surface area contributed by atoms with Crippen molar-refractivity contribution in [3.63, 3.8) is 0 Å². The summed E-state index contributed by atoms with van der Waals surface area (Å²) in [5, 5.41) is 0. The fourth-order valence-corrected chi connectivity index (χ4v) is 3.63. The summed E-state index contributed by atoms with van der Waals surface area (Å²) in [5.74, 6) is -0.417. The molecule has 0 aromatic heterocycles. The van der Waals surface area contributed by atoms with Gasteiger partial charge in [-0.1, -0.05) is 15.9 Å². The van der Waals surface area contributed by atoms with E-state index < -0.39 is 28.4 Å². The molecule has 17 heavy (non-hydrogen) atoms. The molecule has 0 atom stereocenters. The molecule has 1 heterocycles. The van der Waals surface area contributed by atoms with Crippen molar-refractivity contribution in [2.24, 2.45) is 0 Å². The Hall–Kier alpha value is 0.180. The normalized spacial score (nSPS) is 20.7. The molecule has 0 radical (unpaired) electrons. The maximum atomic E-state index is 11.9. The van der Waals surface area contributed by atoms with E-state index >= 15 is 0 Å². The molecular formula is C9H15BrF3NO2S. The zero-order chi connectivity index (χ0) is 13.1. The van der Waals surface area contributed by atoms with E-state index in [2.05, 4.69) is 15.9 Å². The number of rotatable bonds is 4. The van der Waals surface area contributed by atoms with E-state index in [1.54, 1.807) is 0 Å². The van der Waals surface area contributed by atoms with Gasteiger partial charge in [-0.3, -0.25) is 0 Å². The highest BCUT2D eigenvalue weighted by Crippen LogP contribution is 2.24. The van der Waals surface area contributed by atoms with Crippen LogP contribution in [0.25, 0.3) is 0 Å². The zero-order valence-electron chi connectivity index (χ0n) is 9.21. The SMILES string of the molecule is O=S(=O)(CCCC(F)(F)F)N1CCC(Br)CC1. The van der Waals surface area contributed by atoms with Gasteiger partial charge in [0.25, 0.3) is 0 Å². The van der Waals surface area contributed by atoms with Crippen molar-refractivity contribution in [1.82, 2.24) is 4.31 Å². The van der Waals surface area contributed by atoms with Crippen molar-refractivity contribution in [3.05, 3.63) is 0 Å². The summed E-state index contributed by atoms with van der Waals surface area (Å²) < 4.78 is 60.5. The second-order valence-corrected chi connectivity index (χ2v) is 7.49. The van der Waals surface area contributed by atoms with E-state index in [4.69, 9.17) is 0 Å². The lowest BCUT2D eigenvalue weighted by Gasteiger charge is -2.28. The molecule has 1 saturated heterocycles. The lowest BCUT2D eigenvalue weighted by atomic mass is 10.2. The predicted octanol–water partition coefficient (Wildman–Crippen LogP) is 2.52. The lowest BCUT2D eigenvalue weighted by molar-refractivity contribution is -0.134. The number of hydrogen-bond acceptors (Lipinski definition) is 2. The Kier molecular flexibility index (Phi) is 5.27. The monoisotopic (exact) mass is 337 g/mol. The van der Waals surface area contributed by atoms with E-state index in [0.29, 0.717) is 30.8 Å². The minimum atomic E-state index is -4.28. The van der Waals surface area contributed by atoms with Gasteiger partial charge >= 0.3 is 6.18 Å². The highest BCUT2D eigenvalue weighted by atomic mass is 79.9. The molecule has 1 aliphatic heterocycles. The van der Waals surface area contributed by atoms with Crippen molar-refractivity contribution in [2.75, 3.05) is 18.8 Å². The van der Waals surface area contributed by atoms with Gasteiger partial charge in [0.05, 0.1) is 5.75 Å². The summed E-state index contributed by atoms with van der Waals surface area (Å²) in [6.07, 6.45) is -4.27. The first-order valence-electron chi connectivity index (χ1n) is 5.39.